The molecule has 2 bridgehead atoms. The van der Waals surface area contributed by atoms with Gasteiger partial charge in [0.2, 0.25) is 0 Å². The summed E-state index contributed by atoms with van der Waals surface area (Å²) in [4.78, 5) is 37.4. The molecule has 0 unspecified atom stereocenters. The van der Waals surface area contributed by atoms with E-state index in [2.05, 4.69) is 20.2 Å². The van der Waals surface area contributed by atoms with Crippen molar-refractivity contribution in [2.24, 2.45) is 5.92 Å². The molecule has 0 radical (unpaired) electrons. The molecule has 1 saturated heterocycles. The number of aromatic nitrogens is 2. The van der Waals surface area contributed by atoms with Crippen LogP contribution in [0.5, 0.6) is 0 Å². The van der Waals surface area contributed by atoms with Gasteiger partial charge < -0.3 is 4.90 Å². The van der Waals surface area contributed by atoms with Crippen molar-refractivity contribution in [3.63, 3.8) is 0 Å². The van der Waals surface area contributed by atoms with Crippen LogP contribution in [0, 0.1) is 5.92 Å². The Labute approximate surface area is 170 Å². The van der Waals surface area contributed by atoms with Crippen LogP contribution in [0.25, 0.3) is 0 Å². The largest absolute Gasteiger partial charge is 0.391 e. The molecular weight excluding hydrogens is 399 g/mol. The van der Waals surface area contributed by atoms with Crippen LogP contribution in [-0.4, -0.2) is 47.1 Å². The third-order valence-corrected chi connectivity index (χ3v) is 5.41. The van der Waals surface area contributed by atoms with E-state index in [0.717, 1.165) is 19.9 Å². The fourth-order valence-electron chi connectivity index (χ4n) is 3.73. The number of pyridine rings is 2. The molecule has 4 heterocycles. The maximum absolute atomic E-state index is 13.0. The van der Waals surface area contributed by atoms with Crippen molar-refractivity contribution in [3.05, 3.63) is 42.2 Å². The van der Waals surface area contributed by atoms with E-state index in [1.54, 1.807) is 30.5 Å². The number of anilines is 3. The Hall–Kier alpha value is -3.17. The molecule has 158 valence electrons. The van der Waals surface area contributed by atoms with Crippen LogP contribution in [0.3, 0.4) is 0 Å². The van der Waals surface area contributed by atoms with Crippen LogP contribution in [0.4, 0.5) is 35.3 Å². The molecular formula is C20H20F3N5O2. The second kappa shape index (κ2) is 7.58. The SMILES string of the molecule is C[C@H](CC(=O)c1ccc2c(n1)N(C(=O)Nc1ccccn1)[C@H]1CCN2C1)C(F)(F)F. The standard InChI is InChI=1S/C20H20F3N5O2/c1-12(20(21,22)23)10-16(29)14-5-6-15-18(25-14)28(13-7-9-27(15)11-13)19(30)26-17-4-2-3-8-24-17/h2-6,8,12-13H,7,9-11H2,1H3,(H,24,26,30)/t12-,13+/m1/s1. The number of nitrogens with zero attached hydrogens (tertiary/aromatic N) is 4. The molecule has 0 aromatic carbocycles. The first-order chi connectivity index (χ1) is 14.2. The molecule has 10 heteroatoms. The zero-order valence-electron chi connectivity index (χ0n) is 16.2. The van der Waals surface area contributed by atoms with Gasteiger partial charge in [-0.1, -0.05) is 13.0 Å². The zero-order chi connectivity index (χ0) is 21.5. The molecule has 7 nitrogen and oxygen atoms in total. The van der Waals surface area contributed by atoms with E-state index < -0.39 is 30.3 Å². The third-order valence-electron chi connectivity index (χ3n) is 5.41. The molecule has 0 spiro atoms. The molecule has 2 aromatic heterocycles. The number of rotatable bonds is 4. The molecule has 2 aliphatic heterocycles. The van der Waals surface area contributed by atoms with Gasteiger partial charge in [-0.3, -0.25) is 15.0 Å². The van der Waals surface area contributed by atoms with Crippen LogP contribution >= 0.6 is 0 Å². The normalized spacial score (nSPS) is 18.7. The molecule has 2 aromatic rings. The van der Waals surface area contributed by atoms with Gasteiger partial charge in [-0.2, -0.15) is 13.2 Å². The minimum atomic E-state index is -4.46. The van der Waals surface area contributed by atoms with Gasteiger partial charge in [0, 0.05) is 25.7 Å². The minimum absolute atomic E-state index is 0.0806. The first-order valence-corrected chi connectivity index (χ1v) is 9.61. The highest BCUT2D eigenvalue weighted by atomic mass is 19.4. The molecule has 30 heavy (non-hydrogen) atoms. The smallest absolute Gasteiger partial charge is 0.366 e. The Morgan fingerprint density at radius 3 is 2.77 bits per heavy atom. The highest BCUT2D eigenvalue weighted by Gasteiger charge is 2.41. The van der Waals surface area contributed by atoms with E-state index in [9.17, 15) is 22.8 Å². The fraction of sp³-hybridized carbons (Fsp3) is 0.400. The Balaban J connectivity index is 1.63. The van der Waals surface area contributed by atoms with Crippen molar-refractivity contribution in [3.8, 4) is 0 Å². The van der Waals surface area contributed by atoms with Gasteiger partial charge in [-0.15, -0.1) is 0 Å². The average molecular weight is 419 g/mol. The average Bonchev–Trinajstić information content (AvgIpc) is 3.12. The van der Waals surface area contributed by atoms with Crippen LogP contribution < -0.4 is 15.1 Å². The molecule has 1 fully saturated rings. The van der Waals surface area contributed by atoms with E-state index in [4.69, 9.17) is 0 Å². The van der Waals surface area contributed by atoms with E-state index in [1.807, 2.05) is 0 Å². The summed E-state index contributed by atoms with van der Waals surface area (Å²) in [6.07, 6.45) is -2.87. The Bertz CT molecular complexity index is 967. The van der Waals surface area contributed by atoms with Gasteiger partial charge >= 0.3 is 12.2 Å². The third kappa shape index (κ3) is 3.81. The summed E-state index contributed by atoms with van der Waals surface area (Å²) in [5.74, 6) is -1.83. The monoisotopic (exact) mass is 419 g/mol. The lowest BCUT2D eigenvalue weighted by Crippen LogP contribution is -2.48. The molecule has 0 saturated carbocycles. The lowest BCUT2D eigenvalue weighted by Gasteiger charge is -2.35. The first-order valence-electron chi connectivity index (χ1n) is 9.61. The number of carbonyl (C=O) groups excluding carboxylic acids is 2. The summed E-state index contributed by atoms with van der Waals surface area (Å²) in [5.41, 5.74) is 0.600. The van der Waals surface area contributed by atoms with Crippen LogP contribution in [0.1, 0.15) is 30.3 Å². The lowest BCUT2D eigenvalue weighted by molar-refractivity contribution is -0.168. The molecule has 2 atom stereocenters. The maximum Gasteiger partial charge on any atom is 0.391 e. The van der Waals surface area contributed by atoms with Crippen LogP contribution in [0.15, 0.2) is 36.5 Å². The zero-order valence-corrected chi connectivity index (χ0v) is 16.2. The number of hydrogen-bond donors (Lipinski definition) is 1. The van der Waals surface area contributed by atoms with Gasteiger partial charge in [0.25, 0.3) is 0 Å². The number of fused-ring (bicyclic) bond motifs is 4. The molecule has 2 amide bonds. The van der Waals surface area contributed by atoms with Crippen molar-refractivity contribution >= 4 is 29.1 Å². The number of alkyl halides is 3. The van der Waals surface area contributed by atoms with E-state index in [-0.39, 0.29) is 17.6 Å². The van der Waals surface area contributed by atoms with Gasteiger partial charge in [0.05, 0.1) is 17.6 Å². The van der Waals surface area contributed by atoms with E-state index >= 15 is 0 Å². The number of Topliss-reactive ketones (excluding diaryl/α,β-unsaturated/α-hetero) is 1. The molecule has 0 aliphatic carbocycles. The number of ketones is 1. The van der Waals surface area contributed by atoms with E-state index in [0.29, 0.717) is 18.1 Å². The maximum atomic E-state index is 13.0. The predicted octanol–water partition coefficient (Wildman–Crippen LogP) is 3.88. The van der Waals surface area contributed by atoms with Crippen LogP contribution in [0.2, 0.25) is 0 Å². The van der Waals surface area contributed by atoms with Crippen molar-refractivity contribution in [2.75, 3.05) is 28.2 Å². The van der Waals surface area contributed by atoms with Crippen LogP contribution in [-0.2, 0) is 0 Å². The van der Waals surface area contributed by atoms with E-state index in [1.165, 1.54) is 11.0 Å². The summed E-state index contributed by atoms with van der Waals surface area (Å²) in [6.45, 7) is 2.32. The lowest BCUT2D eigenvalue weighted by atomic mass is 10.0. The number of nitrogens with one attached hydrogen (secondary N) is 1. The number of urea groups is 1. The quantitative estimate of drug-likeness (QED) is 0.761. The first kappa shape index (κ1) is 20.1. The summed E-state index contributed by atoms with van der Waals surface area (Å²) in [7, 11) is 0. The van der Waals surface area contributed by atoms with Gasteiger partial charge in [-0.05, 0) is 30.7 Å². The predicted molar refractivity (Wildman–Crippen MR) is 105 cm³/mol. The minimum Gasteiger partial charge on any atom is -0.366 e. The summed E-state index contributed by atoms with van der Waals surface area (Å²) in [5, 5.41) is 2.72. The molecule has 2 aliphatic rings. The summed E-state index contributed by atoms with van der Waals surface area (Å²) in [6, 6.07) is 7.60. The van der Waals surface area contributed by atoms with Gasteiger partial charge in [0.1, 0.15) is 11.5 Å². The second-order valence-electron chi connectivity index (χ2n) is 7.51. The Kier molecular flexibility index (Phi) is 5.08. The number of halogens is 3. The fourth-order valence-corrected chi connectivity index (χ4v) is 3.73. The summed E-state index contributed by atoms with van der Waals surface area (Å²) < 4.78 is 38.5. The van der Waals surface area contributed by atoms with Crippen molar-refractivity contribution < 1.29 is 22.8 Å². The number of carbonyl (C=O) groups is 2. The molecule has 1 N–H and O–H groups in total. The Morgan fingerprint density at radius 1 is 1.27 bits per heavy atom. The van der Waals surface area contributed by atoms with Gasteiger partial charge in [-0.25, -0.2) is 14.8 Å². The summed E-state index contributed by atoms with van der Waals surface area (Å²) >= 11 is 0. The van der Waals surface area contributed by atoms with Crippen molar-refractivity contribution in [1.82, 2.24) is 9.97 Å². The number of amides is 2. The number of hydrogen-bond acceptors (Lipinski definition) is 5. The highest BCUT2D eigenvalue weighted by molar-refractivity contribution is 6.05. The Morgan fingerprint density at radius 2 is 2.07 bits per heavy atom. The highest BCUT2D eigenvalue weighted by Crippen LogP contribution is 2.39. The molecule has 4 rings (SSSR count). The van der Waals surface area contributed by atoms with Crippen molar-refractivity contribution in [2.45, 2.75) is 32.0 Å². The topological polar surface area (TPSA) is 78.4 Å². The van der Waals surface area contributed by atoms with Crippen molar-refractivity contribution in [1.29, 1.82) is 0 Å². The van der Waals surface area contributed by atoms with Gasteiger partial charge in [0.15, 0.2) is 11.6 Å². The second-order valence-corrected chi connectivity index (χ2v) is 7.51.